The lowest BCUT2D eigenvalue weighted by Crippen LogP contribution is -2.41. The molecule has 0 aromatic heterocycles. The monoisotopic (exact) mass is 261 g/mol. The van der Waals surface area contributed by atoms with Gasteiger partial charge in [-0.1, -0.05) is 49.6 Å². The molecule has 1 aromatic rings. The molecule has 0 saturated heterocycles. The summed E-state index contributed by atoms with van der Waals surface area (Å²) in [6.45, 7) is 2.31. The van der Waals surface area contributed by atoms with E-state index in [1.807, 2.05) is 37.3 Å². The summed E-state index contributed by atoms with van der Waals surface area (Å²) in [6.07, 6.45) is 4.87. The number of hydrogen-bond acceptors (Lipinski definition) is 3. The zero-order valence-corrected chi connectivity index (χ0v) is 11.6. The molecule has 1 unspecified atom stereocenters. The molecule has 19 heavy (non-hydrogen) atoms. The molecule has 2 N–H and O–H groups in total. The van der Waals surface area contributed by atoms with Crippen LogP contribution in [0.3, 0.4) is 0 Å². The second kappa shape index (κ2) is 6.20. The Hall–Kier alpha value is -1.35. The Labute approximate surface area is 115 Å². The molecular weight excluding hydrogens is 238 g/mol. The molecule has 1 fully saturated rings. The van der Waals surface area contributed by atoms with Crippen LogP contribution in [0.5, 0.6) is 0 Å². The molecule has 2 rings (SSSR count). The fourth-order valence-corrected chi connectivity index (χ4v) is 2.80. The Bertz CT molecular complexity index is 410. The minimum absolute atomic E-state index is 0.119. The van der Waals surface area contributed by atoms with Gasteiger partial charge in [0.05, 0.1) is 5.41 Å². The van der Waals surface area contributed by atoms with Crippen LogP contribution in [0.2, 0.25) is 0 Å². The van der Waals surface area contributed by atoms with Crippen LogP contribution in [0, 0.1) is 5.41 Å². The van der Waals surface area contributed by atoms with Crippen molar-refractivity contribution >= 4 is 5.97 Å². The molecule has 104 valence electrons. The van der Waals surface area contributed by atoms with E-state index in [1.165, 1.54) is 6.42 Å². The number of nitrogens with two attached hydrogens (primary N) is 1. The predicted octanol–water partition coefficient (Wildman–Crippen LogP) is 3.20. The van der Waals surface area contributed by atoms with Crippen LogP contribution in [-0.2, 0) is 9.53 Å². The average molecular weight is 261 g/mol. The number of carbonyl (C=O) groups is 1. The Morgan fingerprint density at radius 1 is 1.26 bits per heavy atom. The van der Waals surface area contributed by atoms with Crippen molar-refractivity contribution in [3.63, 3.8) is 0 Å². The lowest BCUT2D eigenvalue weighted by atomic mass is 9.74. The summed E-state index contributed by atoms with van der Waals surface area (Å²) in [5, 5.41) is 0. The summed E-state index contributed by atoms with van der Waals surface area (Å²) in [4.78, 5) is 12.4. The maximum Gasteiger partial charge on any atom is 0.313 e. The van der Waals surface area contributed by atoms with Gasteiger partial charge in [-0.05, 0) is 25.3 Å². The maximum atomic E-state index is 12.4. The Kier molecular flexibility index (Phi) is 4.59. The smallest absolute Gasteiger partial charge is 0.313 e. The van der Waals surface area contributed by atoms with Crippen molar-refractivity contribution in [1.82, 2.24) is 0 Å². The second-order valence-corrected chi connectivity index (χ2v) is 5.50. The lowest BCUT2D eigenvalue weighted by molar-refractivity contribution is -0.162. The minimum atomic E-state index is -0.443. The maximum absolute atomic E-state index is 12.4. The third-order valence-corrected chi connectivity index (χ3v) is 4.19. The zero-order chi connectivity index (χ0) is 13.7. The molecule has 0 bridgehead atoms. The van der Waals surface area contributed by atoms with E-state index in [-0.39, 0.29) is 12.1 Å². The lowest BCUT2D eigenvalue weighted by Gasteiger charge is -2.34. The molecule has 1 aliphatic carbocycles. The minimum Gasteiger partial charge on any atom is -0.457 e. The molecule has 0 aliphatic heterocycles. The standard InChI is InChI=1S/C16H23NO2/c1-13(14-8-4-2-5-9-14)19-15(18)16(12-17)10-6-3-7-11-16/h2,4-5,8-9,13H,3,6-7,10-12,17H2,1H3. The molecule has 0 heterocycles. The van der Waals surface area contributed by atoms with Gasteiger partial charge in [-0.15, -0.1) is 0 Å². The van der Waals surface area contributed by atoms with Gasteiger partial charge in [0.1, 0.15) is 6.10 Å². The molecule has 0 spiro atoms. The van der Waals surface area contributed by atoms with Gasteiger partial charge < -0.3 is 10.5 Å². The van der Waals surface area contributed by atoms with Crippen LogP contribution in [0.4, 0.5) is 0 Å². The molecule has 1 atom stereocenters. The predicted molar refractivity (Wildman–Crippen MR) is 75.5 cm³/mol. The summed E-state index contributed by atoms with van der Waals surface area (Å²) in [7, 11) is 0. The summed E-state index contributed by atoms with van der Waals surface area (Å²) < 4.78 is 5.65. The van der Waals surface area contributed by atoms with Crippen LogP contribution >= 0.6 is 0 Å². The SMILES string of the molecule is CC(OC(=O)C1(CN)CCCCC1)c1ccccc1. The van der Waals surface area contributed by atoms with Crippen LogP contribution in [-0.4, -0.2) is 12.5 Å². The third kappa shape index (κ3) is 3.16. The number of esters is 1. The van der Waals surface area contributed by atoms with Gasteiger partial charge >= 0.3 is 5.97 Å². The van der Waals surface area contributed by atoms with Gasteiger partial charge in [-0.2, -0.15) is 0 Å². The summed E-state index contributed by atoms with van der Waals surface area (Å²) in [5.74, 6) is -0.119. The van der Waals surface area contributed by atoms with E-state index in [2.05, 4.69) is 0 Å². The van der Waals surface area contributed by atoms with E-state index in [1.54, 1.807) is 0 Å². The third-order valence-electron chi connectivity index (χ3n) is 4.19. The highest BCUT2D eigenvalue weighted by atomic mass is 16.5. The largest absolute Gasteiger partial charge is 0.457 e. The van der Waals surface area contributed by atoms with Crippen molar-refractivity contribution in [2.24, 2.45) is 11.1 Å². The normalized spacial score (nSPS) is 19.7. The van der Waals surface area contributed by atoms with E-state index in [0.717, 1.165) is 31.2 Å². The first-order valence-electron chi connectivity index (χ1n) is 7.14. The van der Waals surface area contributed by atoms with Gasteiger partial charge in [-0.3, -0.25) is 4.79 Å². The highest BCUT2D eigenvalue weighted by Gasteiger charge is 2.40. The fraction of sp³-hybridized carbons (Fsp3) is 0.562. The van der Waals surface area contributed by atoms with Gasteiger partial charge in [-0.25, -0.2) is 0 Å². The van der Waals surface area contributed by atoms with Crippen molar-refractivity contribution in [1.29, 1.82) is 0 Å². The highest BCUT2D eigenvalue weighted by Crippen LogP contribution is 2.37. The molecule has 1 aromatic carbocycles. The second-order valence-electron chi connectivity index (χ2n) is 5.50. The van der Waals surface area contributed by atoms with Crippen molar-refractivity contribution in [2.75, 3.05) is 6.54 Å². The first kappa shape index (κ1) is 14.1. The van der Waals surface area contributed by atoms with E-state index < -0.39 is 5.41 Å². The molecule has 3 nitrogen and oxygen atoms in total. The molecular formula is C16H23NO2. The number of hydrogen-bond donors (Lipinski definition) is 1. The summed E-state index contributed by atoms with van der Waals surface area (Å²) in [5.41, 5.74) is 6.44. The quantitative estimate of drug-likeness (QED) is 0.847. The van der Waals surface area contributed by atoms with Gasteiger partial charge in [0, 0.05) is 6.54 Å². The van der Waals surface area contributed by atoms with Crippen molar-refractivity contribution in [3.8, 4) is 0 Å². The van der Waals surface area contributed by atoms with Crippen LogP contribution in [0.1, 0.15) is 50.7 Å². The Balaban J connectivity index is 2.03. The van der Waals surface area contributed by atoms with E-state index in [4.69, 9.17) is 10.5 Å². The number of rotatable bonds is 4. The van der Waals surface area contributed by atoms with E-state index >= 15 is 0 Å². The Morgan fingerprint density at radius 2 is 1.89 bits per heavy atom. The van der Waals surface area contributed by atoms with Crippen molar-refractivity contribution in [3.05, 3.63) is 35.9 Å². The average Bonchev–Trinajstić information content (AvgIpc) is 2.48. The number of ether oxygens (including phenoxy) is 1. The van der Waals surface area contributed by atoms with Gasteiger partial charge in [0.25, 0.3) is 0 Å². The highest BCUT2D eigenvalue weighted by molar-refractivity contribution is 5.77. The first-order chi connectivity index (χ1) is 9.18. The molecule has 3 heteroatoms. The van der Waals surface area contributed by atoms with Crippen LogP contribution in [0.25, 0.3) is 0 Å². The summed E-state index contributed by atoms with van der Waals surface area (Å²) in [6, 6.07) is 9.83. The molecule has 1 aliphatic rings. The molecule has 1 saturated carbocycles. The van der Waals surface area contributed by atoms with E-state index in [0.29, 0.717) is 6.54 Å². The molecule has 0 radical (unpaired) electrons. The number of benzene rings is 1. The van der Waals surface area contributed by atoms with Crippen molar-refractivity contribution in [2.45, 2.75) is 45.1 Å². The Morgan fingerprint density at radius 3 is 2.47 bits per heavy atom. The summed E-state index contributed by atoms with van der Waals surface area (Å²) >= 11 is 0. The first-order valence-corrected chi connectivity index (χ1v) is 7.14. The number of carbonyl (C=O) groups excluding carboxylic acids is 1. The van der Waals surface area contributed by atoms with Crippen LogP contribution < -0.4 is 5.73 Å². The molecule has 0 amide bonds. The zero-order valence-electron chi connectivity index (χ0n) is 11.6. The topological polar surface area (TPSA) is 52.3 Å². The fourth-order valence-electron chi connectivity index (χ4n) is 2.80. The van der Waals surface area contributed by atoms with Gasteiger partial charge in [0.2, 0.25) is 0 Å². The van der Waals surface area contributed by atoms with Crippen LogP contribution in [0.15, 0.2) is 30.3 Å². The van der Waals surface area contributed by atoms with Gasteiger partial charge in [0.15, 0.2) is 0 Å². The van der Waals surface area contributed by atoms with Crippen molar-refractivity contribution < 1.29 is 9.53 Å². The van der Waals surface area contributed by atoms with E-state index in [9.17, 15) is 4.79 Å².